The summed E-state index contributed by atoms with van der Waals surface area (Å²) in [6.45, 7) is 5.12. The molecule has 1 N–H and O–H groups in total. The second kappa shape index (κ2) is 9.66. The van der Waals surface area contributed by atoms with Gasteiger partial charge in [-0.15, -0.1) is 0 Å². The van der Waals surface area contributed by atoms with E-state index in [1.165, 1.54) is 10.0 Å². The van der Waals surface area contributed by atoms with Crippen LogP contribution in [0.15, 0.2) is 30.3 Å². The second-order valence-corrected chi connectivity index (χ2v) is 6.78. The number of rotatable bonds is 6. The van der Waals surface area contributed by atoms with E-state index in [2.05, 4.69) is 5.32 Å². The number of carbonyl (C=O) groups is 2. The summed E-state index contributed by atoms with van der Waals surface area (Å²) in [6, 6.07) is 8.64. The Morgan fingerprint density at radius 1 is 1.23 bits per heavy atom. The Morgan fingerprint density at radius 3 is 2.58 bits per heavy atom. The van der Waals surface area contributed by atoms with E-state index < -0.39 is 12.1 Å². The highest BCUT2D eigenvalue weighted by Gasteiger charge is 2.31. The molecule has 7 nitrogen and oxygen atoms in total. The molecule has 26 heavy (non-hydrogen) atoms. The van der Waals surface area contributed by atoms with Crippen LogP contribution in [0.2, 0.25) is 0 Å². The molecule has 0 aromatic heterocycles. The maximum Gasteiger partial charge on any atom is 0.408 e. The zero-order chi connectivity index (χ0) is 18.9. The topological polar surface area (TPSA) is 85.7 Å². The SMILES string of the molecule is CC(C)CC(NC(=O)OCc1ccccc1)C(=O)N1CCCCN1C#N. The van der Waals surface area contributed by atoms with Crippen LogP contribution in [0, 0.1) is 17.4 Å². The highest BCUT2D eigenvalue weighted by Crippen LogP contribution is 2.15. The van der Waals surface area contributed by atoms with Crippen LogP contribution in [-0.2, 0) is 16.1 Å². The van der Waals surface area contributed by atoms with Gasteiger partial charge in [0, 0.05) is 6.54 Å². The number of carbonyl (C=O) groups excluding carboxylic acids is 2. The molecule has 1 heterocycles. The van der Waals surface area contributed by atoms with Crippen molar-refractivity contribution in [3.8, 4) is 6.19 Å². The van der Waals surface area contributed by atoms with Crippen molar-refractivity contribution in [2.45, 2.75) is 45.8 Å². The lowest BCUT2D eigenvalue weighted by Gasteiger charge is -2.36. The van der Waals surface area contributed by atoms with Crippen molar-refractivity contribution < 1.29 is 14.3 Å². The third-order valence-corrected chi connectivity index (χ3v) is 4.16. The van der Waals surface area contributed by atoms with E-state index >= 15 is 0 Å². The molecule has 140 valence electrons. The predicted molar refractivity (Wildman–Crippen MR) is 96.3 cm³/mol. The minimum absolute atomic E-state index is 0.142. The van der Waals surface area contributed by atoms with Gasteiger partial charge in [-0.05, 0) is 30.7 Å². The van der Waals surface area contributed by atoms with Gasteiger partial charge in [-0.25, -0.2) is 14.8 Å². The first-order valence-corrected chi connectivity index (χ1v) is 8.97. The fourth-order valence-corrected chi connectivity index (χ4v) is 2.88. The lowest BCUT2D eigenvalue weighted by atomic mass is 10.0. The molecule has 1 aromatic carbocycles. The molecule has 1 aromatic rings. The molecule has 0 bridgehead atoms. The van der Waals surface area contributed by atoms with Crippen LogP contribution < -0.4 is 5.32 Å². The van der Waals surface area contributed by atoms with Crippen molar-refractivity contribution in [3.05, 3.63) is 35.9 Å². The molecule has 1 aliphatic heterocycles. The Bertz CT molecular complexity index is 642. The summed E-state index contributed by atoms with van der Waals surface area (Å²) in [7, 11) is 0. The van der Waals surface area contributed by atoms with Crippen molar-refractivity contribution in [1.82, 2.24) is 15.3 Å². The fourth-order valence-electron chi connectivity index (χ4n) is 2.88. The smallest absolute Gasteiger partial charge is 0.408 e. The normalized spacial score (nSPS) is 15.3. The number of nitriles is 1. The van der Waals surface area contributed by atoms with Gasteiger partial charge < -0.3 is 10.1 Å². The summed E-state index contributed by atoms with van der Waals surface area (Å²) >= 11 is 0. The molecule has 2 amide bonds. The van der Waals surface area contributed by atoms with Gasteiger partial charge in [-0.2, -0.15) is 5.26 Å². The molecule has 7 heteroatoms. The van der Waals surface area contributed by atoms with Crippen molar-refractivity contribution in [2.75, 3.05) is 13.1 Å². The number of alkyl carbamates (subject to hydrolysis) is 1. The Labute approximate surface area is 154 Å². The van der Waals surface area contributed by atoms with Crippen LogP contribution in [0.3, 0.4) is 0 Å². The Balaban J connectivity index is 1.98. The molecule has 1 unspecified atom stereocenters. The first-order chi connectivity index (χ1) is 12.5. The van der Waals surface area contributed by atoms with Gasteiger partial charge in [-0.1, -0.05) is 44.2 Å². The van der Waals surface area contributed by atoms with E-state index in [-0.39, 0.29) is 18.4 Å². The maximum atomic E-state index is 12.9. The summed E-state index contributed by atoms with van der Waals surface area (Å²) in [5.41, 5.74) is 0.876. The molecule has 0 radical (unpaired) electrons. The number of amides is 2. The van der Waals surface area contributed by atoms with E-state index in [1.54, 1.807) is 0 Å². The van der Waals surface area contributed by atoms with Crippen LogP contribution in [0.5, 0.6) is 0 Å². The van der Waals surface area contributed by atoms with Gasteiger partial charge in [0.1, 0.15) is 12.6 Å². The molecular formula is C19H26N4O3. The van der Waals surface area contributed by atoms with Crippen LogP contribution >= 0.6 is 0 Å². The van der Waals surface area contributed by atoms with Crippen molar-refractivity contribution in [1.29, 1.82) is 5.26 Å². The average Bonchev–Trinajstić information content (AvgIpc) is 2.65. The standard InChI is InChI=1S/C19H26N4O3/c1-15(2)12-17(18(24)23-11-7-6-10-22(23)14-20)21-19(25)26-13-16-8-4-3-5-9-16/h3-5,8-9,15,17H,6-7,10-13H2,1-2H3,(H,21,25). The highest BCUT2D eigenvalue weighted by molar-refractivity contribution is 5.85. The first-order valence-electron chi connectivity index (χ1n) is 8.97. The van der Waals surface area contributed by atoms with Crippen LogP contribution in [0.1, 0.15) is 38.7 Å². The molecule has 2 rings (SSSR count). The van der Waals surface area contributed by atoms with Gasteiger partial charge in [0.25, 0.3) is 5.91 Å². The number of hydrogen-bond acceptors (Lipinski definition) is 5. The maximum absolute atomic E-state index is 12.9. The lowest BCUT2D eigenvalue weighted by molar-refractivity contribution is -0.149. The third kappa shape index (κ3) is 5.66. The largest absolute Gasteiger partial charge is 0.445 e. The first kappa shape index (κ1) is 19.6. The Hall–Kier alpha value is -2.75. The number of hydrogen-bond donors (Lipinski definition) is 1. The zero-order valence-electron chi connectivity index (χ0n) is 15.4. The second-order valence-electron chi connectivity index (χ2n) is 6.78. The zero-order valence-corrected chi connectivity index (χ0v) is 15.4. The van der Waals surface area contributed by atoms with Crippen molar-refractivity contribution >= 4 is 12.0 Å². The van der Waals surface area contributed by atoms with Gasteiger partial charge in [0.2, 0.25) is 0 Å². The number of ether oxygens (including phenoxy) is 1. The van der Waals surface area contributed by atoms with E-state index in [0.717, 1.165) is 18.4 Å². The number of benzene rings is 1. The monoisotopic (exact) mass is 358 g/mol. The quantitative estimate of drug-likeness (QED) is 0.790. The molecule has 1 saturated heterocycles. The molecule has 1 atom stereocenters. The van der Waals surface area contributed by atoms with Crippen LogP contribution in [-0.4, -0.2) is 41.1 Å². The van der Waals surface area contributed by atoms with Crippen LogP contribution in [0.4, 0.5) is 4.79 Å². The summed E-state index contributed by atoms with van der Waals surface area (Å²) < 4.78 is 5.23. The van der Waals surface area contributed by atoms with E-state index in [1.807, 2.05) is 50.4 Å². The minimum atomic E-state index is -0.716. The van der Waals surface area contributed by atoms with E-state index in [4.69, 9.17) is 4.74 Å². The van der Waals surface area contributed by atoms with E-state index in [0.29, 0.717) is 19.5 Å². The minimum Gasteiger partial charge on any atom is -0.445 e. The number of hydrazine groups is 1. The van der Waals surface area contributed by atoms with Gasteiger partial charge in [0.05, 0.1) is 6.54 Å². The molecule has 0 saturated carbocycles. The van der Waals surface area contributed by atoms with Crippen LogP contribution in [0.25, 0.3) is 0 Å². The predicted octanol–water partition coefficient (Wildman–Crippen LogP) is 2.65. The summed E-state index contributed by atoms with van der Waals surface area (Å²) in [6.07, 6.45) is 3.61. The number of nitrogens with zero attached hydrogens (tertiary/aromatic N) is 3. The molecule has 0 aliphatic carbocycles. The highest BCUT2D eigenvalue weighted by atomic mass is 16.5. The average molecular weight is 358 g/mol. The Kier molecular flexibility index (Phi) is 7.27. The van der Waals surface area contributed by atoms with Crippen molar-refractivity contribution in [2.24, 2.45) is 5.92 Å². The molecular weight excluding hydrogens is 332 g/mol. The fraction of sp³-hybridized carbons (Fsp3) is 0.526. The summed E-state index contributed by atoms with van der Waals surface area (Å²) in [5, 5.41) is 14.7. The number of nitrogens with one attached hydrogen (secondary N) is 1. The van der Waals surface area contributed by atoms with Crippen molar-refractivity contribution in [3.63, 3.8) is 0 Å². The van der Waals surface area contributed by atoms with Gasteiger partial charge >= 0.3 is 6.09 Å². The summed E-state index contributed by atoms with van der Waals surface area (Å²) in [4.78, 5) is 25.0. The van der Waals surface area contributed by atoms with Gasteiger partial charge in [-0.3, -0.25) is 4.79 Å². The van der Waals surface area contributed by atoms with Gasteiger partial charge in [0.15, 0.2) is 6.19 Å². The molecule has 0 spiro atoms. The molecule has 1 fully saturated rings. The van der Waals surface area contributed by atoms with E-state index in [9.17, 15) is 14.9 Å². The Morgan fingerprint density at radius 2 is 1.92 bits per heavy atom. The third-order valence-electron chi connectivity index (χ3n) is 4.16. The summed E-state index contributed by atoms with van der Waals surface area (Å²) in [5.74, 6) is -0.0599. The lowest BCUT2D eigenvalue weighted by Crippen LogP contribution is -2.56. The molecule has 1 aliphatic rings.